The van der Waals surface area contributed by atoms with Crippen LogP contribution in [0.4, 0.5) is 0 Å². The van der Waals surface area contributed by atoms with Crippen LogP contribution in [-0.4, -0.2) is 47.9 Å². The Hall–Kier alpha value is 0.310. The normalized spacial score (nSPS) is 12.4. The summed E-state index contributed by atoms with van der Waals surface area (Å²) in [5, 5.41) is 0. The predicted molar refractivity (Wildman–Crippen MR) is 79.3 cm³/mol. The molecule has 2 heteroatoms. The van der Waals surface area contributed by atoms with E-state index < -0.39 is 0 Å². The molecular weight excluding hydrogens is 214 g/mol. The van der Waals surface area contributed by atoms with E-state index in [-0.39, 0.29) is 0 Å². The van der Waals surface area contributed by atoms with Gasteiger partial charge in [0.1, 0.15) is 17.3 Å². The molecule has 0 spiro atoms. The van der Waals surface area contributed by atoms with Crippen LogP contribution in [-0.2, 0) is 10.9 Å². The summed E-state index contributed by atoms with van der Waals surface area (Å²) in [6, 6.07) is 0. The van der Waals surface area contributed by atoms with Crippen LogP contribution < -0.4 is 0 Å². The molecule has 0 aliphatic heterocycles. The maximum Gasteiger partial charge on any atom is 0.108 e. The highest BCUT2D eigenvalue weighted by atomic mass is 32.2. The third kappa shape index (κ3) is 5.58. The van der Waals surface area contributed by atoms with Crippen molar-refractivity contribution >= 4 is 10.9 Å². The number of hydrogen-bond acceptors (Lipinski definition) is 0. The lowest BCUT2D eigenvalue weighted by Gasteiger charge is -2.35. The lowest BCUT2D eigenvalue weighted by molar-refractivity contribution is -0.923. The van der Waals surface area contributed by atoms with Crippen molar-refractivity contribution in [3.8, 4) is 0 Å². The summed E-state index contributed by atoms with van der Waals surface area (Å²) in [5.41, 5.74) is 0. The monoisotopic (exact) mass is 247 g/mol. The third-order valence-electron chi connectivity index (χ3n) is 4.14. The Morgan fingerprint density at radius 2 is 1.25 bits per heavy atom. The molecule has 0 aliphatic rings. The molecular formula is C14H33NS+2. The Bertz CT molecular complexity index is 143. The summed E-state index contributed by atoms with van der Waals surface area (Å²) in [7, 11) is 0.721. The van der Waals surface area contributed by atoms with Gasteiger partial charge in [0.05, 0.1) is 26.2 Å². The summed E-state index contributed by atoms with van der Waals surface area (Å²) in [6.45, 7) is 17.0. The van der Waals surface area contributed by atoms with E-state index in [0.29, 0.717) is 0 Å². The Labute approximate surface area is 107 Å². The van der Waals surface area contributed by atoms with E-state index in [1.54, 1.807) is 0 Å². The molecule has 0 aromatic carbocycles. The first-order valence-electron chi connectivity index (χ1n) is 7.17. The molecule has 0 rings (SSSR count). The maximum atomic E-state index is 2.34. The highest BCUT2D eigenvalue weighted by molar-refractivity contribution is 7.96. The molecule has 0 bridgehead atoms. The molecule has 1 nitrogen and oxygen atoms in total. The van der Waals surface area contributed by atoms with Crippen molar-refractivity contribution in [2.75, 3.05) is 43.4 Å². The Morgan fingerprint density at radius 1 is 0.750 bits per heavy atom. The van der Waals surface area contributed by atoms with Gasteiger partial charge in [0.25, 0.3) is 0 Å². The van der Waals surface area contributed by atoms with E-state index in [9.17, 15) is 0 Å². The van der Waals surface area contributed by atoms with Gasteiger partial charge in [-0.15, -0.1) is 0 Å². The number of rotatable bonds is 10. The van der Waals surface area contributed by atoms with Crippen LogP contribution in [0.2, 0.25) is 0 Å². The molecule has 0 radical (unpaired) electrons. The standard InChI is InChI=1S/C14H33NS/c1-6-15(7-2,8-3)13-11-12-14-16(9-4)10-5/h6-14H2,1-5H3/q+2. The second-order valence-corrected chi connectivity index (χ2v) is 7.40. The molecule has 0 aromatic rings. The van der Waals surface area contributed by atoms with E-state index in [4.69, 9.17) is 0 Å². The van der Waals surface area contributed by atoms with Gasteiger partial charge in [0.2, 0.25) is 0 Å². The molecule has 16 heavy (non-hydrogen) atoms. The van der Waals surface area contributed by atoms with Gasteiger partial charge in [0, 0.05) is 6.42 Å². The fraction of sp³-hybridized carbons (Fsp3) is 1.00. The van der Waals surface area contributed by atoms with Crippen LogP contribution in [0.3, 0.4) is 0 Å². The van der Waals surface area contributed by atoms with E-state index >= 15 is 0 Å². The smallest absolute Gasteiger partial charge is 0.108 e. The maximum absolute atomic E-state index is 2.34. The van der Waals surface area contributed by atoms with E-state index in [1.165, 1.54) is 60.8 Å². The molecule has 0 heterocycles. The van der Waals surface area contributed by atoms with Crippen molar-refractivity contribution in [1.29, 1.82) is 0 Å². The number of unbranched alkanes of at least 4 members (excludes halogenated alkanes) is 1. The van der Waals surface area contributed by atoms with Gasteiger partial charge in [-0.05, 0) is 51.9 Å². The highest BCUT2D eigenvalue weighted by Crippen LogP contribution is 2.10. The fourth-order valence-corrected chi connectivity index (χ4v) is 3.99. The molecule has 0 saturated carbocycles. The van der Waals surface area contributed by atoms with Gasteiger partial charge in [-0.1, -0.05) is 0 Å². The second kappa shape index (κ2) is 9.35. The highest BCUT2D eigenvalue weighted by Gasteiger charge is 2.20. The van der Waals surface area contributed by atoms with E-state index in [1.807, 2.05) is 0 Å². The molecule has 0 saturated heterocycles. The molecule has 0 aliphatic carbocycles. The third-order valence-corrected chi connectivity index (χ3v) is 6.64. The van der Waals surface area contributed by atoms with Gasteiger partial charge >= 0.3 is 0 Å². The van der Waals surface area contributed by atoms with E-state index in [0.717, 1.165) is 10.9 Å². The number of quaternary nitrogens is 1. The zero-order valence-corrected chi connectivity index (χ0v) is 13.0. The lowest BCUT2D eigenvalue weighted by Crippen LogP contribution is -2.48. The number of nitrogens with zero attached hydrogens (tertiary/aromatic N) is 1. The van der Waals surface area contributed by atoms with Gasteiger partial charge in [0.15, 0.2) is 0 Å². The van der Waals surface area contributed by atoms with Crippen molar-refractivity contribution in [3.63, 3.8) is 0 Å². The summed E-state index contributed by atoms with van der Waals surface area (Å²) in [5.74, 6) is 4.27. The van der Waals surface area contributed by atoms with Crippen LogP contribution >= 0.6 is 0 Å². The second-order valence-electron chi connectivity index (χ2n) is 4.61. The first kappa shape index (κ1) is 16.3. The van der Waals surface area contributed by atoms with Gasteiger partial charge < -0.3 is 4.48 Å². The quantitative estimate of drug-likeness (QED) is 0.316. The van der Waals surface area contributed by atoms with Crippen LogP contribution in [0.1, 0.15) is 47.5 Å². The van der Waals surface area contributed by atoms with Crippen molar-refractivity contribution < 1.29 is 4.48 Å². The lowest BCUT2D eigenvalue weighted by atomic mass is 10.2. The van der Waals surface area contributed by atoms with Crippen LogP contribution in [0.5, 0.6) is 0 Å². The largest absolute Gasteiger partial charge is 0.324 e. The molecule has 98 valence electrons. The van der Waals surface area contributed by atoms with Gasteiger partial charge in [-0.25, -0.2) is 0 Å². The molecule has 0 N–H and O–H groups in total. The zero-order valence-electron chi connectivity index (χ0n) is 12.2. The minimum atomic E-state index is 0.721. The first-order chi connectivity index (χ1) is 7.67. The van der Waals surface area contributed by atoms with Crippen LogP contribution in [0.25, 0.3) is 0 Å². The SMILES string of the molecule is CC[S+](CC)CCCC[N+](CC)(CC)CC. The summed E-state index contributed by atoms with van der Waals surface area (Å²) < 4.78 is 1.33. The predicted octanol–water partition coefficient (Wildman–Crippen LogP) is 3.30. The summed E-state index contributed by atoms with van der Waals surface area (Å²) >= 11 is 0. The van der Waals surface area contributed by atoms with Crippen molar-refractivity contribution in [3.05, 3.63) is 0 Å². The minimum Gasteiger partial charge on any atom is -0.324 e. The summed E-state index contributed by atoms with van der Waals surface area (Å²) in [4.78, 5) is 0. The minimum absolute atomic E-state index is 0.721. The van der Waals surface area contributed by atoms with Crippen LogP contribution in [0, 0.1) is 0 Å². The fourth-order valence-electron chi connectivity index (χ4n) is 2.39. The van der Waals surface area contributed by atoms with E-state index in [2.05, 4.69) is 34.6 Å². The van der Waals surface area contributed by atoms with Crippen molar-refractivity contribution in [2.24, 2.45) is 0 Å². The Morgan fingerprint density at radius 3 is 1.62 bits per heavy atom. The molecule has 0 aromatic heterocycles. The Kier molecular flexibility index (Phi) is 9.53. The molecule has 0 unspecified atom stereocenters. The van der Waals surface area contributed by atoms with Crippen LogP contribution in [0.15, 0.2) is 0 Å². The average Bonchev–Trinajstić information content (AvgIpc) is 2.35. The Balaban J connectivity index is 3.78. The van der Waals surface area contributed by atoms with Gasteiger partial charge in [-0.3, -0.25) is 0 Å². The first-order valence-corrected chi connectivity index (χ1v) is 8.90. The molecule has 0 fully saturated rings. The summed E-state index contributed by atoms with van der Waals surface area (Å²) in [6.07, 6.45) is 2.88. The molecule has 0 atom stereocenters. The topological polar surface area (TPSA) is 0 Å². The van der Waals surface area contributed by atoms with Crippen molar-refractivity contribution in [2.45, 2.75) is 47.5 Å². The molecule has 0 amide bonds. The zero-order chi connectivity index (χ0) is 12.4. The van der Waals surface area contributed by atoms with Gasteiger partial charge in [-0.2, -0.15) is 0 Å². The number of hydrogen-bond donors (Lipinski definition) is 0. The average molecular weight is 247 g/mol. The van der Waals surface area contributed by atoms with Crippen molar-refractivity contribution in [1.82, 2.24) is 0 Å².